The molecular formula is C21H28N2O3S3. The maximum Gasteiger partial charge on any atom is 0.252 e. The van der Waals surface area contributed by atoms with Crippen LogP contribution in [0.2, 0.25) is 0 Å². The Balaban J connectivity index is 1.41. The highest BCUT2D eigenvalue weighted by Gasteiger charge is 2.43. The molecule has 2 aromatic heterocycles. The van der Waals surface area contributed by atoms with E-state index in [1.807, 2.05) is 11.4 Å². The van der Waals surface area contributed by atoms with Crippen LogP contribution in [0.1, 0.15) is 56.2 Å². The molecule has 2 fully saturated rings. The van der Waals surface area contributed by atoms with Gasteiger partial charge < -0.3 is 5.32 Å². The van der Waals surface area contributed by atoms with Crippen molar-refractivity contribution in [1.29, 1.82) is 0 Å². The van der Waals surface area contributed by atoms with Crippen LogP contribution in [0.3, 0.4) is 0 Å². The first-order chi connectivity index (χ1) is 14.0. The minimum atomic E-state index is -3.44. The molecule has 5 nitrogen and oxygen atoms in total. The van der Waals surface area contributed by atoms with Crippen LogP contribution >= 0.6 is 22.7 Å². The Kier molecular flexibility index (Phi) is 6.44. The molecular weight excluding hydrogens is 424 g/mol. The summed E-state index contributed by atoms with van der Waals surface area (Å²) in [6.45, 7) is 1.09. The molecule has 1 saturated heterocycles. The average molecular weight is 453 g/mol. The Morgan fingerprint density at radius 1 is 1.10 bits per heavy atom. The molecule has 0 aromatic carbocycles. The van der Waals surface area contributed by atoms with Gasteiger partial charge in [0.25, 0.3) is 10.0 Å². The quantitative estimate of drug-likeness (QED) is 0.678. The van der Waals surface area contributed by atoms with E-state index < -0.39 is 10.0 Å². The van der Waals surface area contributed by atoms with E-state index in [0.29, 0.717) is 23.7 Å². The highest BCUT2D eigenvalue weighted by Crippen LogP contribution is 2.43. The summed E-state index contributed by atoms with van der Waals surface area (Å²) in [4.78, 5) is 14.3. The Labute approximate surface area is 181 Å². The van der Waals surface area contributed by atoms with E-state index in [2.05, 4.69) is 11.4 Å². The molecule has 1 N–H and O–H groups in total. The number of carbonyl (C=O) groups excluding carboxylic acids is 1. The van der Waals surface area contributed by atoms with Gasteiger partial charge in [-0.3, -0.25) is 4.79 Å². The molecule has 158 valence electrons. The summed E-state index contributed by atoms with van der Waals surface area (Å²) in [5, 5.41) is 7.00. The predicted molar refractivity (Wildman–Crippen MR) is 118 cm³/mol. The number of nitrogens with zero attached hydrogens (tertiary/aromatic N) is 1. The van der Waals surface area contributed by atoms with Crippen molar-refractivity contribution in [2.24, 2.45) is 0 Å². The zero-order valence-corrected chi connectivity index (χ0v) is 19.0. The third kappa shape index (κ3) is 4.17. The van der Waals surface area contributed by atoms with Crippen LogP contribution in [0.4, 0.5) is 0 Å². The monoisotopic (exact) mass is 452 g/mol. The summed E-state index contributed by atoms with van der Waals surface area (Å²) in [6.07, 6.45) is 7.43. The van der Waals surface area contributed by atoms with Crippen LogP contribution in [0.25, 0.3) is 0 Å². The third-order valence-electron chi connectivity index (χ3n) is 6.28. The van der Waals surface area contributed by atoms with E-state index >= 15 is 0 Å². The van der Waals surface area contributed by atoms with Gasteiger partial charge in [-0.25, -0.2) is 8.42 Å². The molecule has 2 aromatic rings. The molecule has 1 aliphatic heterocycles. The van der Waals surface area contributed by atoms with Crippen LogP contribution in [0.5, 0.6) is 0 Å². The van der Waals surface area contributed by atoms with Crippen LogP contribution in [-0.4, -0.2) is 37.8 Å². The van der Waals surface area contributed by atoms with E-state index in [4.69, 9.17) is 0 Å². The van der Waals surface area contributed by atoms with Crippen molar-refractivity contribution in [2.45, 2.75) is 67.0 Å². The summed E-state index contributed by atoms with van der Waals surface area (Å²) in [7, 11) is -3.44. The van der Waals surface area contributed by atoms with Gasteiger partial charge >= 0.3 is 0 Å². The molecule has 0 radical (unpaired) electrons. The summed E-state index contributed by atoms with van der Waals surface area (Å²) in [5.41, 5.74) is -0.385. The van der Waals surface area contributed by atoms with Crippen LogP contribution < -0.4 is 5.32 Å². The lowest BCUT2D eigenvalue weighted by Gasteiger charge is -2.34. The molecule has 1 amide bonds. The van der Waals surface area contributed by atoms with Crippen molar-refractivity contribution in [3.63, 3.8) is 0 Å². The summed E-state index contributed by atoms with van der Waals surface area (Å²) < 4.78 is 28.1. The van der Waals surface area contributed by atoms with Crippen LogP contribution in [-0.2, 0) is 20.2 Å². The zero-order valence-electron chi connectivity index (χ0n) is 16.5. The van der Waals surface area contributed by atoms with E-state index in [-0.39, 0.29) is 17.4 Å². The molecule has 1 saturated carbocycles. The lowest BCUT2D eigenvalue weighted by atomic mass is 9.83. The fourth-order valence-electron chi connectivity index (χ4n) is 4.74. The smallest absolute Gasteiger partial charge is 0.252 e. The third-order valence-corrected chi connectivity index (χ3v) is 10.7. The maximum atomic E-state index is 13.1. The molecule has 2 aliphatic rings. The van der Waals surface area contributed by atoms with Crippen molar-refractivity contribution in [3.05, 3.63) is 39.9 Å². The Morgan fingerprint density at radius 2 is 1.86 bits per heavy atom. The van der Waals surface area contributed by atoms with Crippen molar-refractivity contribution in [2.75, 3.05) is 13.1 Å². The fourth-order valence-corrected chi connectivity index (χ4v) is 8.57. The van der Waals surface area contributed by atoms with Gasteiger partial charge in [-0.1, -0.05) is 31.4 Å². The van der Waals surface area contributed by atoms with Crippen molar-refractivity contribution < 1.29 is 13.2 Å². The van der Waals surface area contributed by atoms with Gasteiger partial charge in [0, 0.05) is 24.0 Å². The zero-order chi connectivity index (χ0) is 20.3. The van der Waals surface area contributed by atoms with E-state index in [0.717, 1.165) is 49.8 Å². The van der Waals surface area contributed by atoms with Gasteiger partial charge in [0.1, 0.15) is 4.21 Å². The van der Waals surface area contributed by atoms with Gasteiger partial charge in [0.15, 0.2) is 0 Å². The number of amides is 1. The maximum absolute atomic E-state index is 13.1. The first-order valence-electron chi connectivity index (χ1n) is 10.4. The van der Waals surface area contributed by atoms with E-state index in [1.165, 1.54) is 11.3 Å². The normalized spacial score (nSPS) is 22.6. The lowest BCUT2D eigenvalue weighted by molar-refractivity contribution is -0.126. The molecule has 1 atom stereocenters. The number of thiophene rings is 2. The Hall–Kier alpha value is -1.22. The number of carbonyl (C=O) groups is 1. The minimum Gasteiger partial charge on any atom is -0.355 e. The molecule has 1 aliphatic carbocycles. The number of rotatable bonds is 7. The summed E-state index contributed by atoms with van der Waals surface area (Å²) in [6, 6.07) is 7.51. The lowest BCUT2D eigenvalue weighted by Crippen LogP contribution is -2.47. The second-order valence-electron chi connectivity index (χ2n) is 8.01. The molecule has 8 heteroatoms. The van der Waals surface area contributed by atoms with Crippen molar-refractivity contribution >= 4 is 38.6 Å². The SMILES string of the molecule is O=C(NCCC1CCCCN1S(=O)(=O)c1cccs1)C1(c2cccs2)CCCC1. The molecule has 1 unspecified atom stereocenters. The van der Waals surface area contributed by atoms with Crippen molar-refractivity contribution in [3.8, 4) is 0 Å². The number of hydrogen-bond donors (Lipinski definition) is 1. The first-order valence-corrected chi connectivity index (χ1v) is 13.6. The Morgan fingerprint density at radius 3 is 2.55 bits per heavy atom. The minimum absolute atomic E-state index is 0.0441. The van der Waals surface area contributed by atoms with Crippen LogP contribution in [0, 0.1) is 0 Å². The first kappa shape index (κ1) is 21.0. The molecule has 0 bridgehead atoms. The van der Waals surface area contributed by atoms with E-state index in [9.17, 15) is 13.2 Å². The second-order valence-corrected chi connectivity index (χ2v) is 12.0. The topological polar surface area (TPSA) is 66.5 Å². The van der Waals surface area contributed by atoms with Gasteiger partial charge in [0.05, 0.1) is 5.41 Å². The summed E-state index contributed by atoms with van der Waals surface area (Å²) in [5.74, 6) is 0.112. The highest BCUT2D eigenvalue weighted by molar-refractivity contribution is 7.91. The summed E-state index contributed by atoms with van der Waals surface area (Å²) >= 11 is 2.93. The molecule has 4 rings (SSSR count). The predicted octanol–water partition coefficient (Wildman–Crippen LogP) is 4.37. The molecule has 29 heavy (non-hydrogen) atoms. The largest absolute Gasteiger partial charge is 0.355 e. The van der Waals surface area contributed by atoms with Gasteiger partial charge in [0.2, 0.25) is 5.91 Å². The fraction of sp³-hybridized carbons (Fsp3) is 0.571. The number of nitrogens with one attached hydrogen (secondary N) is 1. The number of hydrogen-bond acceptors (Lipinski definition) is 5. The van der Waals surface area contributed by atoms with Gasteiger partial charge in [-0.15, -0.1) is 22.7 Å². The Bertz CT molecular complexity index is 901. The second kappa shape index (κ2) is 8.88. The standard InChI is InChI=1S/C21H28N2O3S3/c24-20(21(11-2-3-12-21)18-8-5-15-27-18)22-13-10-17-7-1-4-14-23(17)29(25,26)19-9-6-16-28-19/h5-6,8-9,15-17H,1-4,7,10-14H2,(H,22,24). The van der Waals surface area contributed by atoms with Crippen LogP contribution in [0.15, 0.2) is 39.2 Å². The van der Waals surface area contributed by atoms with Gasteiger partial charge in [-0.05, 0) is 55.0 Å². The average Bonchev–Trinajstić information content (AvgIpc) is 3.51. The van der Waals surface area contributed by atoms with Gasteiger partial charge in [-0.2, -0.15) is 4.31 Å². The van der Waals surface area contributed by atoms with E-state index in [1.54, 1.807) is 33.2 Å². The molecule has 0 spiro atoms. The highest BCUT2D eigenvalue weighted by atomic mass is 32.2. The number of piperidine rings is 1. The number of sulfonamides is 1. The molecule has 3 heterocycles. The van der Waals surface area contributed by atoms with Crippen molar-refractivity contribution in [1.82, 2.24) is 9.62 Å².